The zero-order valence-electron chi connectivity index (χ0n) is 45.4. The van der Waals surface area contributed by atoms with Crippen molar-refractivity contribution in [1.82, 2.24) is 19.6 Å². The number of phenolic OH excluding ortho intramolecular Hbond substituents is 2. The van der Waals surface area contributed by atoms with Crippen molar-refractivity contribution < 1.29 is 48.8 Å². The summed E-state index contributed by atoms with van der Waals surface area (Å²) in [4.78, 5) is 87.2. The van der Waals surface area contributed by atoms with Crippen LogP contribution in [0.2, 0.25) is 0 Å². The number of esters is 1. The number of rotatable bonds is 8. The standard InChI is InChI=1S/C57H81N7O10/c1-11-73-55-39(9)52(70)47-46-45(55)41(65)18-13-12-16-35(5)54(74-44(68)30-42(66)63-23-19-40(20-24-63)64-28-27-61(10)43(67)32-64)38(8)51(69)37(7)29-34(4)15-14-17-36(6)56(72)58-50(53(47)71)49-48(46)59-57(60-49)21-25-62(26-22-57)31-33(2)3/h12-15,17,33-35,37-38,40,51,54,69-71H,11,16,18-32H2,1-10H3,(H,58,72)/b13-12+,15-14+,36-17-/t34-,35+,37+,38+,51+,54+/m0/s1. The quantitative estimate of drug-likeness (QED) is 0.104. The van der Waals surface area contributed by atoms with Crippen molar-refractivity contribution in [3.05, 3.63) is 57.8 Å². The van der Waals surface area contributed by atoms with Gasteiger partial charge < -0.3 is 44.8 Å². The molecular weight excluding hydrogens is 943 g/mol. The topological polar surface area (TPSA) is 214 Å². The number of hydrogen-bond acceptors (Lipinski definition) is 14. The lowest BCUT2D eigenvalue weighted by Gasteiger charge is -2.41. The molecule has 74 heavy (non-hydrogen) atoms. The number of likely N-dealkylation sites (tertiary alicyclic amines) is 2. The number of piperazine rings is 1. The second-order valence-electron chi connectivity index (χ2n) is 22.3. The van der Waals surface area contributed by atoms with Gasteiger partial charge in [-0.2, -0.15) is 0 Å². The van der Waals surface area contributed by atoms with Crippen LogP contribution in [0.25, 0.3) is 10.8 Å². The number of piperidine rings is 2. The third-order valence-electron chi connectivity index (χ3n) is 16.0. The maximum Gasteiger partial charge on any atom is 0.315 e. The summed E-state index contributed by atoms with van der Waals surface area (Å²) in [6.45, 7) is 22.5. The number of likely N-dealkylation sites (N-methyl/N-ethyl adjacent to an activating group) is 1. The van der Waals surface area contributed by atoms with Crippen LogP contribution >= 0.6 is 0 Å². The van der Waals surface area contributed by atoms with E-state index in [1.807, 2.05) is 46.9 Å². The van der Waals surface area contributed by atoms with Crippen LogP contribution in [-0.4, -0.2) is 154 Å². The molecule has 2 aromatic rings. The summed E-state index contributed by atoms with van der Waals surface area (Å²) in [6.07, 6.45) is 10.2. The smallest absolute Gasteiger partial charge is 0.315 e. The predicted molar refractivity (Wildman–Crippen MR) is 284 cm³/mol. The fraction of sp³-hybridized carbons (Fsp3) is 0.632. The average molecular weight is 1020 g/mol. The summed E-state index contributed by atoms with van der Waals surface area (Å²) < 4.78 is 12.4. The van der Waals surface area contributed by atoms with E-state index < -0.39 is 47.8 Å². The average Bonchev–Trinajstić information content (AvgIpc) is 3.73. The molecule has 17 nitrogen and oxygen atoms in total. The molecule has 6 heterocycles. The van der Waals surface area contributed by atoms with E-state index in [1.54, 1.807) is 48.8 Å². The van der Waals surface area contributed by atoms with Crippen LogP contribution in [0.4, 0.5) is 5.69 Å². The highest BCUT2D eigenvalue weighted by Crippen LogP contribution is 2.46. The Morgan fingerprint density at radius 2 is 1.59 bits per heavy atom. The SMILES string of the molecule is CCOc1c(C)c(O)c2c(O)c3c4c(c2c1C(=O)C/C=C/C[C@@H](C)[C@@H](OC(=O)CC(=O)N1CCC(N2CCN(C)C(=O)C2)CC1)[C@H](C)[C@H](O)[C@H](C)C[C@@H](C)/C=C/C=C(/C)C(=O)N3)=NC1(CCN(CC(C)C)CC1)N=4. The summed E-state index contributed by atoms with van der Waals surface area (Å²) in [6, 6.07) is 0.188. The fourth-order valence-corrected chi connectivity index (χ4v) is 11.7. The predicted octanol–water partition coefficient (Wildman–Crippen LogP) is 6.00. The molecule has 0 radical (unpaired) electrons. The number of amides is 3. The summed E-state index contributed by atoms with van der Waals surface area (Å²) >= 11 is 0. The molecule has 8 rings (SSSR count). The number of aromatic hydroxyl groups is 2. The molecule has 2 aromatic carbocycles. The summed E-state index contributed by atoms with van der Waals surface area (Å²) in [5, 5.41) is 39.7. The van der Waals surface area contributed by atoms with Crippen LogP contribution in [-0.2, 0) is 23.9 Å². The number of carbonyl (C=O) groups excluding carboxylic acids is 5. The Morgan fingerprint density at radius 1 is 0.905 bits per heavy atom. The fourth-order valence-electron chi connectivity index (χ4n) is 11.7. The van der Waals surface area contributed by atoms with E-state index in [9.17, 15) is 39.3 Å². The minimum Gasteiger partial charge on any atom is -0.507 e. The first kappa shape index (κ1) is 56.1. The number of nitrogens with one attached hydrogen (secondary N) is 1. The van der Waals surface area contributed by atoms with E-state index in [2.05, 4.69) is 29.0 Å². The number of allylic oxidation sites excluding steroid dienone is 5. The van der Waals surface area contributed by atoms with E-state index in [-0.39, 0.29) is 104 Å². The lowest BCUT2D eigenvalue weighted by atomic mass is 9.80. The van der Waals surface area contributed by atoms with Gasteiger partial charge in [0.05, 0.1) is 35.6 Å². The number of anilines is 1. The largest absolute Gasteiger partial charge is 0.507 e. The monoisotopic (exact) mass is 1020 g/mol. The Hall–Kier alpha value is -5.65. The zero-order chi connectivity index (χ0) is 53.8. The molecule has 3 amide bonds. The molecule has 3 saturated heterocycles. The van der Waals surface area contributed by atoms with E-state index in [1.165, 1.54) is 0 Å². The number of benzene rings is 2. The maximum absolute atomic E-state index is 14.9. The molecule has 0 saturated carbocycles. The Kier molecular flexibility index (Phi) is 18.1. The minimum absolute atomic E-state index is 0.00469. The van der Waals surface area contributed by atoms with Crippen LogP contribution in [0.3, 0.4) is 0 Å². The number of aliphatic hydroxyl groups excluding tert-OH is 1. The molecule has 17 heteroatoms. The molecule has 6 atom stereocenters. The molecule has 6 aliphatic rings. The van der Waals surface area contributed by atoms with Gasteiger partial charge in [0, 0.05) is 101 Å². The van der Waals surface area contributed by atoms with E-state index >= 15 is 0 Å². The van der Waals surface area contributed by atoms with Gasteiger partial charge in [-0.1, -0.05) is 71.9 Å². The van der Waals surface area contributed by atoms with Crippen molar-refractivity contribution in [2.24, 2.45) is 39.6 Å². The van der Waals surface area contributed by atoms with Gasteiger partial charge >= 0.3 is 5.97 Å². The molecule has 3 fully saturated rings. The van der Waals surface area contributed by atoms with Gasteiger partial charge in [0.2, 0.25) is 11.8 Å². The number of phenols is 2. The molecule has 1 spiro atoms. The number of carbonyl (C=O) groups is 5. The van der Waals surface area contributed by atoms with Gasteiger partial charge in [-0.15, -0.1) is 0 Å². The lowest BCUT2D eigenvalue weighted by Crippen LogP contribution is -2.55. The number of hydrogen-bond donors (Lipinski definition) is 4. The van der Waals surface area contributed by atoms with E-state index in [0.717, 1.165) is 26.2 Å². The highest BCUT2D eigenvalue weighted by molar-refractivity contribution is 6.16. The van der Waals surface area contributed by atoms with Crippen LogP contribution in [0.1, 0.15) is 123 Å². The highest BCUT2D eigenvalue weighted by Gasteiger charge is 2.40. The molecule has 404 valence electrons. The van der Waals surface area contributed by atoms with Crippen LogP contribution in [0, 0.1) is 36.5 Å². The first-order valence-corrected chi connectivity index (χ1v) is 27.0. The van der Waals surface area contributed by atoms with Gasteiger partial charge in [0.1, 0.15) is 35.1 Å². The third-order valence-corrected chi connectivity index (χ3v) is 16.0. The minimum atomic E-state index is -0.937. The molecule has 0 unspecified atom stereocenters. The van der Waals surface area contributed by atoms with Gasteiger partial charge in [0.25, 0.3) is 5.91 Å². The highest BCUT2D eigenvalue weighted by atomic mass is 16.5. The number of aliphatic hydroxyl groups is 1. The Balaban J connectivity index is 1.21. The van der Waals surface area contributed by atoms with Crippen molar-refractivity contribution in [1.29, 1.82) is 0 Å². The summed E-state index contributed by atoms with van der Waals surface area (Å²) in [7, 11) is 1.81. The number of Topliss-reactive ketones (excluding diaryl/α,β-unsaturated/α-hetero) is 1. The number of nitrogens with zero attached hydrogens (tertiary/aromatic N) is 6. The summed E-state index contributed by atoms with van der Waals surface area (Å²) in [5.74, 6) is -3.09. The Labute approximate surface area is 436 Å². The van der Waals surface area contributed by atoms with Gasteiger partial charge in [-0.3, -0.25) is 38.9 Å². The first-order chi connectivity index (χ1) is 35.1. The van der Waals surface area contributed by atoms with Crippen LogP contribution in [0.15, 0.2) is 45.9 Å². The van der Waals surface area contributed by atoms with Crippen molar-refractivity contribution in [3.63, 3.8) is 0 Å². The summed E-state index contributed by atoms with van der Waals surface area (Å²) in [5.41, 5.74) is -0.253. The van der Waals surface area contributed by atoms with Gasteiger partial charge in [-0.25, -0.2) is 0 Å². The van der Waals surface area contributed by atoms with Gasteiger partial charge in [-0.05, 0) is 70.1 Å². The molecule has 4 N–H and O–H groups in total. The van der Waals surface area contributed by atoms with E-state index in [0.29, 0.717) is 76.2 Å². The normalized spacial score (nSPS) is 27.6. The third kappa shape index (κ3) is 12.4. The second kappa shape index (κ2) is 23.9. The Bertz CT molecular complexity index is 2680. The van der Waals surface area contributed by atoms with Crippen molar-refractivity contribution in [2.45, 2.75) is 138 Å². The molecule has 4 bridgehead atoms. The maximum atomic E-state index is 14.9. The van der Waals surface area contributed by atoms with Gasteiger partial charge in [0.15, 0.2) is 17.2 Å². The molecule has 0 aromatic heterocycles. The number of ketones is 1. The van der Waals surface area contributed by atoms with Crippen LogP contribution in [0.5, 0.6) is 17.2 Å². The molecular formula is C57H81N7O10. The second-order valence-corrected chi connectivity index (χ2v) is 22.3. The zero-order valence-corrected chi connectivity index (χ0v) is 45.4. The molecule has 0 aliphatic carbocycles. The Morgan fingerprint density at radius 3 is 2.26 bits per heavy atom. The van der Waals surface area contributed by atoms with Crippen molar-refractivity contribution in [3.8, 4) is 17.2 Å². The van der Waals surface area contributed by atoms with Crippen molar-refractivity contribution in [2.75, 3.05) is 71.3 Å². The number of ether oxygens (including phenoxy) is 2. The lowest BCUT2D eigenvalue weighted by molar-refractivity contribution is -0.162. The van der Waals surface area contributed by atoms with Crippen molar-refractivity contribution >= 4 is 45.9 Å². The van der Waals surface area contributed by atoms with E-state index in [4.69, 9.17) is 19.5 Å². The first-order valence-electron chi connectivity index (χ1n) is 27.0. The van der Waals surface area contributed by atoms with Crippen LogP contribution < -0.4 is 20.8 Å². The molecule has 6 aliphatic heterocycles. The number of fused-ring (bicyclic) bond motifs is 14.